The molecule has 0 aliphatic rings. The van der Waals surface area contributed by atoms with E-state index < -0.39 is 0 Å². The van der Waals surface area contributed by atoms with E-state index in [9.17, 15) is 0 Å². The maximum absolute atomic E-state index is 5.74. The standard InChI is InChI=1S/C20H31N3O3/c1-7-11-25-16-10-9-15(12-17(16)24-8-2)13-21-14(3)18-22-19(23-26-18)20(4,5)6/h9-10,12,14,21H,7-8,11,13H2,1-6H3. The molecule has 0 aliphatic heterocycles. The van der Waals surface area contributed by atoms with Crippen LogP contribution < -0.4 is 14.8 Å². The molecule has 1 atom stereocenters. The normalized spacial score (nSPS) is 12.8. The van der Waals surface area contributed by atoms with E-state index in [1.54, 1.807) is 0 Å². The molecule has 0 saturated carbocycles. The first kappa shape index (κ1) is 20.2. The van der Waals surface area contributed by atoms with Crippen LogP contribution in [0.15, 0.2) is 22.7 Å². The number of benzene rings is 1. The minimum atomic E-state index is -0.123. The molecule has 1 aromatic heterocycles. The van der Waals surface area contributed by atoms with Gasteiger partial charge in [-0.2, -0.15) is 4.98 Å². The van der Waals surface area contributed by atoms with E-state index in [4.69, 9.17) is 14.0 Å². The highest BCUT2D eigenvalue weighted by Crippen LogP contribution is 2.29. The lowest BCUT2D eigenvalue weighted by molar-refractivity contribution is 0.276. The molecule has 1 heterocycles. The summed E-state index contributed by atoms with van der Waals surface area (Å²) < 4.78 is 16.9. The average Bonchev–Trinajstić information content (AvgIpc) is 3.09. The minimum absolute atomic E-state index is 0.0369. The Morgan fingerprint density at radius 3 is 2.54 bits per heavy atom. The minimum Gasteiger partial charge on any atom is -0.490 e. The van der Waals surface area contributed by atoms with Crippen molar-refractivity contribution in [3.05, 3.63) is 35.5 Å². The van der Waals surface area contributed by atoms with Gasteiger partial charge in [-0.05, 0) is 38.0 Å². The number of ether oxygens (including phenoxy) is 2. The second kappa shape index (κ2) is 9.03. The molecule has 2 aromatic rings. The Kier molecular flexibility index (Phi) is 7.03. The molecule has 0 spiro atoms. The van der Waals surface area contributed by atoms with Crippen LogP contribution in [0.1, 0.15) is 71.3 Å². The van der Waals surface area contributed by atoms with Gasteiger partial charge in [0.15, 0.2) is 17.3 Å². The first-order chi connectivity index (χ1) is 12.3. The second-order valence-electron chi connectivity index (χ2n) is 7.37. The zero-order valence-corrected chi connectivity index (χ0v) is 16.8. The smallest absolute Gasteiger partial charge is 0.243 e. The largest absolute Gasteiger partial charge is 0.490 e. The quantitative estimate of drug-likeness (QED) is 0.714. The van der Waals surface area contributed by atoms with Crippen LogP contribution in [0, 0.1) is 0 Å². The fourth-order valence-corrected chi connectivity index (χ4v) is 2.34. The zero-order valence-electron chi connectivity index (χ0n) is 16.8. The van der Waals surface area contributed by atoms with Crippen LogP contribution in [0.25, 0.3) is 0 Å². The first-order valence-corrected chi connectivity index (χ1v) is 9.31. The molecule has 1 aromatic carbocycles. The second-order valence-corrected chi connectivity index (χ2v) is 7.37. The lowest BCUT2D eigenvalue weighted by Gasteiger charge is -2.14. The zero-order chi connectivity index (χ0) is 19.2. The van der Waals surface area contributed by atoms with Crippen molar-refractivity contribution < 1.29 is 14.0 Å². The van der Waals surface area contributed by atoms with E-state index in [1.807, 2.05) is 32.0 Å². The maximum atomic E-state index is 5.74. The van der Waals surface area contributed by atoms with Crippen LogP contribution in [0.4, 0.5) is 0 Å². The molecule has 6 heteroatoms. The summed E-state index contributed by atoms with van der Waals surface area (Å²) in [4.78, 5) is 4.50. The van der Waals surface area contributed by atoms with Crippen molar-refractivity contribution in [3.8, 4) is 11.5 Å². The van der Waals surface area contributed by atoms with Gasteiger partial charge in [-0.25, -0.2) is 0 Å². The third kappa shape index (κ3) is 5.46. The van der Waals surface area contributed by atoms with Crippen LogP contribution in [-0.4, -0.2) is 23.4 Å². The van der Waals surface area contributed by atoms with Crippen molar-refractivity contribution in [1.29, 1.82) is 0 Å². The summed E-state index contributed by atoms with van der Waals surface area (Å²) in [7, 11) is 0. The summed E-state index contributed by atoms with van der Waals surface area (Å²) in [6, 6.07) is 5.99. The van der Waals surface area contributed by atoms with Crippen molar-refractivity contribution in [2.75, 3.05) is 13.2 Å². The Balaban J connectivity index is 2.01. The van der Waals surface area contributed by atoms with Gasteiger partial charge >= 0.3 is 0 Å². The lowest BCUT2D eigenvalue weighted by atomic mass is 9.96. The SMILES string of the molecule is CCCOc1ccc(CNC(C)c2nc(C(C)(C)C)no2)cc1OCC. The predicted octanol–water partition coefficient (Wildman–Crippen LogP) is 4.41. The van der Waals surface area contributed by atoms with Crippen LogP contribution in [-0.2, 0) is 12.0 Å². The van der Waals surface area contributed by atoms with Crippen LogP contribution >= 0.6 is 0 Å². The molecule has 0 amide bonds. The molecule has 1 unspecified atom stereocenters. The van der Waals surface area contributed by atoms with Crippen LogP contribution in [0.5, 0.6) is 11.5 Å². The van der Waals surface area contributed by atoms with E-state index >= 15 is 0 Å². The van der Waals surface area contributed by atoms with E-state index in [1.165, 1.54) is 0 Å². The molecule has 26 heavy (non-hydrogen) atoms. The monoisotopic (exact) mass is 361 g/mol. The number of rotatable bonds is 9. The molecule has 6 nitrogen and oxygen atoms in total. The Labute approximate surface area is 156 Å². The Bertz CT molecular complexity index is 692. The van der Waals surface area contributed by atoms with E-state index in [0.717, 1.165) is 29.3 Å². The number of hydrogen-bond donors (Lipinski definition) is 1. The Hall–Kier alpha value is -2.08. The number of aromatic nitrogens is 2. The predicted molar refractivity (Wildman–Crippen MR) is 102 cm³/mol. The third-order valence-electron chi connectivity index (χ3n) is 3.87. The molecular weight excluding hydrogens is 330 g/mol. The molecule has 0 aliphatic carbocycles. The van der Waals surface area contributed by atoms with E-state index in [2.05, 4.69) is 43.2 Å². The third-order valence-corrected chi connectivity index (χ3v) is 3.87. The van der Waals surface area contributed by atoms with Crippen molar-refractivity contribution in [2.45, 2.75) is 66.0 Å². The van der Waals surface area contributed by atoms with Gasteiger partial charge in [-0.15, -0.1) is 0 Å². The molecule has 0 saturated heterocycles. The molecule has 0 bridgehead atoms. The molecule has 0 fully saturated rings. The Morgan fingerprint density at radius 1 is 1.15 bits per heavy atom. The average molecular weight is 361 g/mol. The summed E-state index contributed by atoms with van der Waals surface area (Å²) in [6.45, 7) is 14.2. The van der Waals surface area contributed by atoms with Crippen molar-refractivity contribution in [3.63, 3.8) is 0 Å². The molecular formula is C20H31N3O3. The van der Waals surface area contributed by atoms with Gasteiger partial charge in [-0.1, -0.05) is 38.9 Å². The van der Waals surface area contributed by atoms with Gasteiger partial charge in [0.2, 0.25) is 5.89 Å². The fraction of sp³-hybridized carbons (Fsp3) is 0.600. The van der Waals surface area contributed by atoms with Crippen molar-refractivity contribution in [2.24, 2.45) is 0 Å². The lowest BCUT2D eigenvalue weighted by Crippen LogP contribution is -2.19. The van der Waals surface area contributed by atoms with Crippen molar-refractivity contribution in [1.82, 2.24) is 15.5 Å². The van der Waals surface area contributed by atoms with Gasteiger partial charge in [-0.3, -0.25) is 0 Å². The summed E-state index contributed by atoms with van der Waals surface area (Å²) in [6.07, 6.45) is 0.965. The van der Waals surface area contributed by atoms with E-state index in [-0.39, 0.29) is 11.5 Å². The molecule has 1 N–H and O–H groups in total. The highest BCUT2D eigenvalue weighted by Gasteiger charge is 2.23. The first-order valence-electron chi connectivity index (χ1n) is 9.31. The van der Waals surface area contributed by atoms with Crippen LogP contribution in [0.2, 0.25) is 0 Å². The number of nitrogens with one attached hydrogen (secondary N) is 1. The highest BCUT2D eigenvalue weighted by molar-refractivity contribution is 5.43. The van der Waals surface area contributed by atoms with E-state index in [0.29, 0.717) is 25.6 Å². The molecule has 144 valence electrons. The molecule has 2 rings (SSSR count). The summed E-state index contributed by atoms with van der Waals surface area (Å²) >= 11 is 0. The van der Waals surface area contributed by atoms with Gasteiger partial charge in [0.25, 0.3) is 0 Å². The summed E-state index contributed by atoms with van der Waals surface area (Å²) in [5.74, 6) is 2.89. The fourth-order valence-electron chi connectivity index (χ4n) is 2.34. The topological polar surface area (TPSA) is 69.4 Å². The van der Waals surface area contributed by atoms with Gasteiger partial charge in [0.05, 0.1) is 19.3 Å². The molecule has 0 radical (unpaired) electrons. The number of nitrogens with zero attached hydrogens (tertiary/aromatic N) is 2. The van der Waals surface area contributed by atoms with Gasteiger partial charge in [0, 0.05) is 12.0 Å². The summed E-state index contributed by atoms with van der Waals surface area (Å²) in [5, 5.41) is 7.50. The Morgan fingerprint density at radius 2 is 1.92 bits per heavy atom. The number of hydrogen-bond acceptors (Lipinski definition) is 6. The van der Waals surface area contributed by atoms with Crippen LogP contribution in [0.3, 0.4) is 0 Å². The van der Waals surface area contributed by atoms with Gasteiger partial charge in [0.1, 0.15) is 0 Å². The van der Waals surface area contributed by atoms with Crippen molar-refractivity contribution >= 4 is 0 Å². The van der Waals surface area contributed by atoms with Gasteiger partial charge < -0.3 is 19.3 Å². The highest BCUT2D eigenvalue weighted by atomic mass is 16.5. The summed E-state index contributed by atoms with van der Waals surface area (Å²) in [5.41, 5.74) is 0.988. The maximum Gasteiger partial charge on any atom is 0.243 e.